The molecule has 0 aromatic carbocycles. The van der Waals surface area contributed by atoms with Crippen LogP contribution in [-0.4, -0.2) is 37.3 Å². The molecule has 1 fully saturated rings. The minimum Gasteiger partial charge on any atom is -0.478 e. The first-order valence-corrected chi connectivity index (χ1v) is 5.05. The number of hydrogen-bond acceptors (Lipinski definition) is 4. The van der Waals surface area contributed by atoms with Crippen LogP contribution in [0.15, 0.2) is 24.0 Å². The minimum atomic E-state index is -0.855. The Balaban J connectivity index is 0.000000162. The van der Waals surface area contributed by atoms with Crippen molar-refractivity contribution in [3.63, 3.8) is 0 Å². The molecule has 0 unspecified atom stereocenters. The van der Waals surface area contributed by atoms with Gasteiger partial charge in [0, 0.05) is 38.8 Å². The zero-order chi connectivity index (χ0) is 10.9. The van der Waals surface area contributed by atoms with Crippen LogP contribution in [0.25, 0.3) is 0 Å². The fraction of sp³-hybridized carbons (Fsp3) is 0.500. The van der Waals surface area contributed by atoms with Crippen LogP contribution in [0, 0.1) is 0 Å². The lowest BCUT2D eigenvalue weighted by atomic mass is 10.2. The predicted molar refractivity (Wildman–Crippen MR) is 58.4 cm³/mol. The van der Waals surface area contributed by atoms with Gasteiger partial charge in [0.15, 0.2) is 0 Å². The Kier molecular flexibility index (Phi) is 5.50. The molecule has 0 atom stereocenters. The molecule has 0 aromatic heterocycles. The third-order valence-electron chi connectivity index (χ3n) is 2.04. The highest BCUT2D eigenvalue weighted by Crippen LogP contribution is 2.03. The Bertz CT molecular complexity index is 246. The zero-order valence-corrected chi connectivity index (χ0v) is 8.62. The van der Waals surface area contributed by atoms with Crippen LogP contribution in [0.2, 0.25) is 0 Å². The second kappa shape index (κ2) is 7.03. The minimum absolute atomic E-state index is 0.400. The van der Waals surface area contributed by atoms with Crippen molar-refractivity contribution in [2.45, 2.75) is 6.42 Å². The Labute approximate surface area is 89.2 Å². The Hall–Kier alpha value is -1.33. The number of carboxylic acid groups (broad SMARTS) is 1. The van der Waals surface area contributed by atoms with Gasteiger partial charge in [0.1, 0.15) is 0 Å². The molecule has 0 saturated carbocycles. The average molecular weight is 211 g/mol. The van der Waals surface area contributed by atoms with Crippen LogP contribution in [0.1, 0.15) is 6.42 Å². The number of carbonyl (C=O) groups is 1. The van der Waals surface area contributed by atoms with Crippen molar-refractivity contribution in [3.05, 3.63) is 24.0 Å². The van der Waals surface area contributed by atoms with Gasteiger partial charge < -0.3 is 21.1 Å². The number of carboxylic acids is 1. The molecule has 84 valence electrons. The standard InChI is InChI=1S/C6H7NO2.C4H10N2/c8-6(9)5-2-1-3-7-4-5;1-2-6-4-3-5-1/h1,3-4,7H,2H2,(H,8,9);5-6H,1-4H2. The van der Waals surface area contributed by atoms with E-state index in [1.807, 2.05) is 0 Å². The predicted octanol–water partition coefficient (Wildman–Crippen LogP) is -0.359. The van der Waals surface area contributed by atoms with Gasteiger partial charge in [0.05, 0.1) is 5.57 Å². The third-order valence-corrected chi connectivity index (χ3v) is 2.04. The van der Waals surface area contributed by atoms with Crippen molar-refractivity contribution in [1.82, 2.24) is 16.0 Å². The lowest BCUT2D eigenvalue weighted by Crippen LogP contribution is -2.39. The topological polar surface area (TPSA) is 73.4 Å². The van der Waals surface area contributed by atoms with Gasteiger partial charge in [-0.3, -0.25) is 0 Å². The van der Waals surface area contributed by atoms with Crippen LogP contribution < -0.4 is 16.0 Å². The van der Waals surface area contributed by atoms with Crippen molar-refractivity contribution in [2.24, 2.45) is 0 Å². The summed E-state index contributed by atoms with van der Waals surface area (Å²) in [6.07, 6.45) is 5.49. The molecule has 0 amide bonds. The average Bonchev–Trinajstić information content (AvgIpc) is 2.33. The quantitative estimate of drug-likeness (QED) is 0.477. The van der Waals surface area contributed by atoms with Gasteiger partial charge in [0.25, 0.3) is 0 Å². The maximum atomic E-state index is 10.2. The molecule has 2 heterocycles. The maximum Gasteiger partial charge on any atom is 0.333 e. The molecule has 2 aliphatic rings. The van der Waals surface area contributed by atoms with Crippen molar-refractivity contribution in [3.8, 4) is 0 Å². The van der Waals surface area contributed by atoms with Crippen LogP contribution in [0.5, 0.6) is 0 Å². The summed E-state index contributed by atoms with van der Waals surface area (Å²) < 4.78 is 0. The molecule has 0 bridgehead atoms. The molecule has 4 N–H and O–H groups in total. The SMILES string of the molecule is C1CNCCN1.O=C(O)C1=CNC=CC1. The number of dihydropyridines is 1. The van der Waals surface area contributed by atoms with E-state index in [-0.39, 0.29) is 0 Å². The molecule has 1 saturated heterocycles. The summed E-state index contributed by atoms with van der Waals surface area (Å²) in [5, 5.41) is 17.5. The largest absolute Gasteiger partial charge is 0.478 e. The number of hydrogen-bond donors (Lipinski definition) is 4. The summed E-state index contributed by atoms with van der Waals surface area (Å²) in [4.78, 5) is 10.2. The van der Waals surface area contributed by atoms with E-state index in [9.17, 15) is 4.79 Å². The van der Waals surface area contributed by atoms with E-state index >= 15 is 0 Å². The van der Waals surface area contributed by atoms with Crippen molar-refractivity contribution < 1.29 is 9.90 Å². The molecule has 2 aliphatic heterocycles. The number of piperazine rings is 1. The second-order valence-corrected chi connectivity index (χ2v) is 3.25. The normalized spacial score (nSPS) is 19.3. The van der Waals surface area contributed by atoms with Crippen LogP contribution in [0.4, 0.5) is 0 Å². The van der Waals surface area contributed by atoms with Crippen LogP contribution in [-0.2, 0) is 4.79 Å². The second-order valence-electron chi connectivity index (χ2n) is 3.25. The van der Waals surface area contributed by atoms with Gasteiger partial charge in [-0.05, 0) is 6.20 Å². The van der Waals surface area contributed by atoms with Gasteiger partial charge in [-0.15, -0.1) is 0 Å². The fourth-order valence-electron chi connectivity index (χ4n) is 1.21. The van der Waals surface area contributed by atoms with E-state index in [2.05, 4.69) is 16.0 Å². The molecular weight excluding hydrogens is 194 g/mol. The number of rotatable bonds is 1. The molecule has 5 heteroatoms. The Morgan fingerprint density at radius 3 is 2.07 bits per heavy atom. The molecule has 0 aliphatic carbocycles. The summed E-state index contributed by atoms with van der Waals surface area (Å²) in [5.41, 5.74) is 0.400. The van der Waals surface area contributed by atoms with E-state index in [1.165, 1.54) is 6.20 Å². The van der Waals surface area contributed by atoms with E-state index in [0.29, 0.717) is 12.0 Å². The van der Waals surface area contributed by atoms with Crippen LogP contribution >= 0.6 is 0 Å². The number of allylic oxidation sites excluding steroid dienone is 1. The third kappa shape index (κ3) is 5.19. The molecule has 0 spiro atoms. The van der Waals surface area contributed by atoms with E-state index in [1.54, 1.807) is 12.3 Å². The highest BCUT2D eigenvalue weighted by atomic mass is 16.4. The maximum absolute atomic E-state index is 10.2. The Morgan fingerprint density at radius 2 is 1.80 bits per heavy atom. The van der Waals surface area contributed by atoms with Crippen molar-refractivity contribution >= 4 is 5.97 Å². The molecule has 5 nitrogen and oxygen atoms in total. The first-order chi connectivity index (χ1) is 7.30. The van der Waals surface area contributed by atoms with Gasteiger partial charge in [0.2, 0.25) is 0 Å². The highest BCUT2D eigenvalue weighted by molar-refractivity contribution is 5.86. The number of nitrogens with one attached hydrogen (secondary N) is 3. The molecule has 2 rings (SSSR count). The highest BCUT2D eigenvalue weighted by Gasteiger charge is 2.05. The van der Waals surface area contributed by atoms with E-state index < -0.39 is 5.97 Å². The fourth-order valence-corrected chi connectivity index (χ4v) is 1.21. The lowest BCUT2D eigenvalue weighted by Gasteiger charge is -2.11. The van der Waals surface area contributed by atoms with Gasteiger partial charge in [-0.2, -0.15) is 0 Å². The molecule has 15 heavy (non-hydrogen) atoms. The van der Waals surface area contributed by atoms with Gasteiger partial charge in [-0.25, -0.2) is 4.79 Å². The summed E-state index contributed by atoms with van der Waals surface area (Å²) in [6, 6.07) is 0. The van der Waals surface area contributed by atoms with E-state index in [0.717, 1.165) is 26.2 Å². The van der Waals surface area contributed by atoms with Crippen molar-refractivity contribution in [1.29, 1.82) is 0 Å². The first-order valence-electron chi connectivity index (χ1n) is 5.05. The summed E-state index contributed by atoms with van der Waals surface area (Å²) >= 11 is 0. The number of aliphatic carboxylic acids is 1. The van der Waals surface area contributed by atoms with Crippen molar-refractivity contribution in [2.75, 3.05) is 26.2 Å². The lowest BCUT2D eigenvalue weighted by molar-refractivity contribution is -0.132. The molecule has 0 radical (unpaired) electrons. The van der Waals surface area contributed by atoms with Crippen LogP contribution in [0.3, 0.4) is 0 Å². The zero-order valence-electron chi connectivity index (χ0n) is 8.62. The van der Waals surface area contributed by atoms with Gasteiger partial charge in [-0.1, -0.05) is 6.08 Å². The Morgan fingerprint density at radius 1 is 1.20 bits per heavy atom. The summed E-state index contributed by atoms with van der Waals surface area (Å²) in [6.45, 7) is 4.56. The molecular formula is C10H17N3O2. The van der Waals surface area contributed by atoms with E-state index in [4.69, 9.17) is 5.11 Å². The smallest absolute Gasteiger partial charge is 0.333 e. The summed E-state index contributed by atoms with van der Waals surface area (Å²) in [7, 11) is 0. The molecule has 0 aromatic rings. The summed E-state index contributed by atoms with van der Waals surface area (Å²) in [5.74, 6) is -0.855. The first kappa shape index (κ1) is 11.7. The van der Waals surface area contributed by atoms with Gasteiger partial charge >= 0.3 is 5.97 Å². The monoisotopic (exact) mass is 211 g/mol.